The Morgan fingerprint density at radius 1 is 0.842 bits per heavy atom. The van der Waals surface area contributed by atoms with Crippen molar-refractivity contribution in [3.63, 3.8) is 0 Å². The molecule has 0 N–H and O–H groups in total. The topological polar surface area (TPSA) is 0 Å². The van der Waals surface area contributed by atoms with Crippen LogP contribution in [-0.2, 0) is 12.6 Å². The molecule has 0 aromatic heterocycles. The second-order valence-electron chi connectivity index (χ2n) is 4.35. The number of hydrogen-bond donors (Lipinski definition) is 0. The van der Waals surface area contributed by atoms with Gasteiger partial charge in [-0.05, 0) is 12.0 Å². The standard InChI is InChI=1S/C15H13BF3/c17-15(18,19)13-6-8-14(9-7-13)16-11-10-12-4-2-1-3-5-12/h1-9H,10-11H2. The first-order valence-corrected chi connectivity index (χ1v) is 6.10. The van der Waals surface area contributed by atoms with Crippen molar-refractivity contribution in [1.29, 1.82) is 0 Å². The molecule has 0 fully saturated rings. The molecule has 2 aromatic carbocycles. The zero-order chi connectivity index (χ0) is 13.7. The lowest BCUT2D eigenvalue weighted by Crippen LogP contribution is -2.15. The zero-order valence-electron chi connectivity index (χ0n) is 10.3. The summed E-state index contributed by atoms with van der Waals surface area (Å²) in [5.41, 5.74) is 1.45. The van der Waals surface area contributed by atoms with E-state index in [0.29, 0.717) is 0 Å². The quantitative estimate of drug-likeness (QED) is 0.736. The maximum atomic E-state index is 12.4. The highest BCUT2D eigenvalue weighted by Gasteiger charge is 2.29. The van der Waals surface area contributed by atoms with Crippen LogP contribution in [0.3, 0.4) is 0 Å². The molecule has 0 saturated heterocycles. The van der Waals surface area contributed by atoms with Crippen molar-refractivity contribution in [2.45, 2.75) is 18.9 Å². The van der Waals surface area contributed by atoms with Gasteiger partial charge in [0, 0.05) is 0 Å². The number of alkyl halides is 3. The molecule has 0 amide bonds. The summed E-state index contributed by atoms with van der Waals surface area (Å²) in [6.45, 7) is 0. The number of rotatable bonds is 4. The molecule has 1 radical (unpaired) electrons. The fraction of sp³-hybridized carbons (Fsp3) is 0.200. The minimum Gasteiger partial charge on any atom is -0.166 e. The third kappa shape index (κ3) is 4.16. The largest absolute Gasteiger partial charge is 0.416 e. The summed E-state index contributed by atoms with van der Waals surface area (Å²) >= 11 is 0. The fourth-order valence-corrected chi connectivity index (χ4v) is 1.86. The average molecular weight is 261 g/mol. The maximum absolute atomic E-state index is 12.4. The van der Waals surface area contributed by atoms with Crippen LogP contribution in [0.5, 0.6) is 0 Å². The van der Waals surface area contributed by atoms with Crippen molar-refractivity contribution in [3.05, 3.63) is 65.7 Å². The van der Waals surface area contributed by atoms with Crippen LogP contribution in [0.1, 0.15) is 11.1 Å². The molecule has 0 unspecified atom stereocenters. The minimum atomic E-state index is -4.26. The van der Waals surface area contributed by atoms with Crippen molar-refractivity contribution in [1.82, 2.24) is 0 Å². The van der Waals surface area contributed by atoms with Crippen LogP contribution >= 0.6 is 0 Å². The third-order valence-electron chi connectivity index (χ3n) is 2.89. The highest BCUT2D eigenvalue weighted by molar-refractivity contribution is 6.53. The zero-order valence-corrected chi connectivity index (χ0v) is 10.3. The van der Waals surface area contributed by atoms with Crippen molar-refractivity contribution >= 4 is 12.7 Å². The van der Waals surface area contributed by atoms with Gasteiger partial charge < -0.3 is 0 Å². The Kier molecular flexibility index (Phi) is 4.30. The monoisotopic (exact) mass is 261 g/mol. The van der Waals surface area contributed by atoms with Crippen molar-refractivity contribution in [2.24, 2.45) is 0 Å². The molecule has 19 heavy (non-hydrogen) atoms. The van der Waals surface area contributed by atoms with Gasteiger partial charge in [0.1, 0.15) is 0 Å². The number of halogens is 3. The Bertz CT molecular complexity index is 503. The molecular formula is C15H13BF3. The number of hydrogen-bond acceptors (Lipinski definition) is 0. The van der Waals surface area contributed by atoms with Crippen LogP contribution in [0.15, 0.2) is 54.6 Å². The summed E-state index contributed by atoms with van der Waals surface area (Å²) in [7, 11) is 1.95. The molecule has 97 valence electrons. The van der Waals surface area contributed by atoms with E-state index in [4.69, 9.17) is 0 Å². The van der Waals surface area contributed by atoms with E-state index in [2.05, 4.69) is 0 Å². The molecule has 0 aliphatic heterocycles. The first kappa shape index (κ1) is 13.7. The predicted molar refractivity (Wildman–Crippen MR) is 71.8 cm³/mol. The van der Waals surface area contributed by atoms with E-state index in [1.807, 2.05) is 37.6 Å². The van der Waals surface area contributed by atoms with Gasteiger partial charge in [-0.15, -0.1) is 0 Å². The molecule has 0 heterocycles. The fourth-order valence-electron chi connectivity index (χ4n) is 1.86. The van der Waals surface area contributed by atoms with E-state index in [-0.39, 0.29) is 0 Å². The summed E-state index contributed by atoms with van der Waals surface area (Å²) in [6, 6.07) is 15.3. The summed E-state index contributed by atoms with van der Waals surface area (Å²) in [6.07, 6.45) is -2.56. The van der Waals surface area contributed by atoms with Gasteiger partial charge in [0.15, 0.2) is 7.28 Å². The first-order valence-electron chi connectivity index (χ1n) is 6.10. The SMILES string of the molecule is FC(F)(F)c1ccc([B]CCc2ccccc2)cc1. The van der Waals surface area contributed by atoms with Crippen LogP contribution < -0.4 is 5.46 Å². The van der Waals surface area contributed by atoms with Crippen LogP contribution in [0.2, 0.25) is 6.32 Å². The molecule has 0 spiro atoms. The molecule has 0 aliphatic rings. The molecule has 0 saturated carbocycles. The highest BCUT2D eigenvalue weighted by Crippen LogP contribution is 2.28. The summed E-state index contributed by atoms with van der Waals surface area (Å²) in [5.74, 6) is 0. The Balaban J connectivity index is 1.87. The van der Waals surface area contributed by atoms with Crippen molar-refractivity contribution in [3.8, 4) is 0 Å². The average Bonchev–Trinajstić information content (AvgIpc) is 2.39. The van der Waals surface area contributed by atoms with E-state index in [9.17, 15) is 13.2 Å². The van der Waals surface area contributed by atoms with Gasteiger partial charge in [-0.25, -0.2) is 0 Å². The number of aryl methyl sites for hydroxylation is 1. The first-order chi connectivity index (χ1) is 9.05. The second-order valence-corrected chi connectivity index (χ2v) is 4.35. The van der Waals surface area contributed by atoms with Crippen molar-refractivity contribution in [2.75, 3.05) is 0 Å². The highest BCUT2D eigenvalue weighted by atomic mass is 19.4. The van der Waals surface area contributed by atoms with Gasteiger partial charge in [-0.2, -0.15) is 13.2 Å². The molecule has 0 nitrogen and oxygen atoms in total. The Morgan fingerprint density at radius 3 is 2.05 bits per heavy atom. The second kappa shape index (κ2) is 5.96. The molecular weight excluding hydrogens is 248 g/mol. The molecule has 0 aliphatic carbocycles. The van der Waals surface area contributed by atoms with Crippen molar-refractivity contribution < 1.29 is 13.2 Å². The van der Waals surface area contributed by atoms with E-state index in [1.54, 1.807) is 0 Å². The lowest BCUT2D eigenvalue weighted by atomic mass is 9.66. The molecule has 4 heteroatoms. The van der Waals surface area contributed by atoms with E-state index >= 15 is 0 Å². The predicted octanol–water partition coefficient (Wildman–Crippen LogP) is 3.70. The van der Waals surface area contributed by atoms with Gasteiger partial charge >= 0.3 is 6.18 Å². The molecule has 2 aromatic rings. The van der Waals surface area contributed by atoms with Crippen LogP contribution in [0.25, 0.3) is 0 Å². The van der Waals surface area contributed by atoms with Gasteiger partial charge in [-0.3, -0.25) is 0 Å². The smallest absolute Gasteiger partial charge is 0.166 e. The summed E-state index contributed by atoms with van der Waals surface area (Å²) in [5, 5.41) is 0. The van der Waals surface area contributed by atoms with E-state index in [1.165, 1.54) is 17.7 Å². The number of benzene rings is 2. The van der Waals surface area contributed by atoms with Gasteiger partial charge in [0.25, 0.3) is 0 Å². The molecule has 2 rings (SSSR count). The molecule has 0 bridgehead atoms. The van der Waals surface area contributed by atoms with Gasteiger partial charge in [0.2, 0.25) is 0 Å². The maximum Gasteiger partial charge on any atom is 0.416 e. The third-order valence-corrected chi connectivity index (χ3v) is 2.89. The summed E-state index contributed by atoms with van der Waals surface area (Å²) < 4.78 is 37.1. The van der Waals surface area contributed by atoms with Gasteiger partial charge in [0.05, 0.1) is 5.56 Å². The van der Waals surface area contributed by atoms with Crippen LogP contribution in [0, 0.1) is 0 Å². The van der Waals surface area contributed by atoms with E-state index in [0.717, 1.165) is 30.3 Å². The Morgan fingerprint density at radius 2 is 1.47 bits per heavy atom. The van der Waals surface area contributed by atoms with E-state index < -0.39 is 11.7 Å². The van der Waals surface area contributed by atoms with Crippen LogP contribution in [-0.4, -0.2) is 7.28 Å². The Hall–Kier alpha value is -1.71. The minimum absolute atomic E-state index is 0.604. The lowest BCUT2D eigenvalue weighted by molar-refractivity contribution is -0.137. The molecule has 0 atom stereocenters. The Labute approximate surface area is 111 Å². The summed E-state index contributed by atoms with van der Waals surface area (Å²) in [4.78, 5) is 0. The normalized spacial score (nSPS) is 11.3. The lowest BCUT2D eigenvalue weighted by Gasteiger charge is -2.07. The van der Waals surface area contributed by atoms with Gasteiger partial charge in [-0.1, -0.05) is 66.4 Å². The van der Waals surface area contributed by atoms with Crippen LogP contribution in [0.4, 0.5) is 13.2 Å².